The van der Waals surface area contributed by atoms with E-state index < -0.39 is 0 Å². The molecule has 27 heavy (non-hydrogen) atoms. The fraction of sp³-hybridized carbons (Fsp3) is 0.650. The molecule has 1 aromatic rings. The normalized spacial score (nSPS) is 16.6. The van der Waals surface area contributed by atoms with E-state index in [2.05, 4.69) is 34.7 Å². The molecular weight excluding hydrogens is 457 g/mol. The number of guanidine groups is 1. The largest absolute Gasteiger partial charge is 0.493 e. The highest BCUT2D eigenvalue weighted by molar-refractivity contribution is 14.0. The van der Waals surface area contributed by atoms with Crippen molar-refractivity contribution in [2.24, 2.45) is 4.99 Å². The smallest absolute Gasteiger partial charge is 0.191 e. The molecule has 2 rings (SSSR count). The van der Waals surface area contributed by atoms with E-state index in [0.29, 0.717) is 6.61 Å². The van der Waals surface area contributed by atoms with Crippen LogP contribution >= 0.6 is 24.0 Å². The number of rotatable bonds is 10. The van der Waals surface area contributed by atoms with Crippen LogP contribution in [-0.4, -0.2) is 52.0 Å². The quantitative estimate of drug-likeness (QED) is 0.228. The number of hydrogen-bond donors (Lipinski definition) is 2. The highest BCUT2D eigenvalue weighted by Crippen LogP contribution is 2.28. The van der Waals surface area contributed by atoms with Crippen LogP contribution in [0.3, 0.4) is 0 Å². The Morgan fingerprint density at radius 1 is 1.26 bits per heavy atom. The van der Waals surface area contributed by atoms with Gasteiger partial charge < -0.3 is 24.8 Å². The van der Waals surface area contributed by atoms with Crippen LogP contribution < -0.4 is 20.1 Å². The number of aliphatic imine (C=N–C) groups is 1. The minimum Gasteiger partial charge on any atom is -0.493 e. The second-order valence-electron chi connectivity index (χ2n) is 6.30. The Hall–Kier alpha value is -1.22. The van der Waals surface area contributed by atoms with Gasteiger partial charge in [0.05, 0.1) is 26.4 Å². The summed E-state index contributed by atoms with van der Waals surface area (Å²) in [5.74, 6) is 2.46. The molecule has 1 unspecified atom stereocenters. The third-order valence-electron chi connectivity index (χ3n) is 4.28. The molecule has 0 bridgehead atoms. The highest BCUT2D eigenvalue weighted by Gasteiger charge is 2.14. The molecule has 2 N–H and O–H groups in total. The molecule has 0 saturated carbocycles. The van der Waals surface area contributed by atoms with E-state index >= 15 is 0 Å². The van der Waals surface area contributed by atoms with Crippen molar-refractivity contribution in [3.8, 4) is 11.5 Å². The molecule has 0 aliphatic carbocycles. The van der Waals surface area contributed by atoms with Crippen LogP contribution in [-0.2, 0) is 11.2 Å². The molecule has 7 heteroatoms. The van der Waals surface area contributed by atoms with Crippen LogP contribution in [0, 0.1) is 0 Å². The van der Waals surface area contributed by atoms with Gasteiger partial charge in [0.1, 0.15) is 0 Å². The predicted molar refractivity (Wildman–Crippen MR) is 121 cm³/mol. The van der Waals surface area contributed by atoms with Crippen LogP contribution in [0.5, 0.6) is 11.5 Å². The zero-order chi connectivity index (χ0) is 18.6. The minimum atomic E-state index is 0. The van der Waals surface area contributed by atoms with Crippen molar-refractivity contribution in [1.29, 1.82) is 0 Å². The average molecular weight is 491 g/mol. The fourth-order valence-electron chi connectivity index (χ4n) is 2.97. The van der Waals surface area contributed by atoms with Gasteiger partial charge in [-0.25, -0.2) is 0 Å². The number of nitrogens with zero attached hydrogens (tertiary/aromatic N) is 1. The van der Waals surface area contributed by atoms with Crippen molar-refractivity contribution in [3.63, 3.8) is 0 Å². The van der Waals surface area contributed by atoms with E-state index in [1.165, 1.54) is 5.56 Å². The third-order valence-corrected chi connectivity index (χ3v) is 4.28. The van der Waals surface area contributed by atoms with Crippen molar-refractivity contribution in [2.45, 2.75) is 45.6 Å². The topological polar surface area (TPSA) is 64.1 Å². The Morgan fingerprint density at radius 3 is 2.78 bits per heavy atom. The average Bonchev–Trinajstić information content (AvgIpc) is 3.17. The Labute approximate surface area is 180 Å². The van der Waals surface area contributed by atoms with E-state index in [-0.39, 0.29) is 30.1 Å². The lowest BCUT2D eigenvalue weighted by molar-refractivity contribution is 0.117. The van der Waals surface area contributed by atoms with Crippen molar-refractivity contribution >= 4 is 29.9 Å². The first-order chi connectivity index (χ1) is 12.8. The van der Waals surface area contributed by atoms with E-state index in [9.17, 15) is 0 Å². The number of aryl methyl sites for hydroxylation is 1. The van der Waals surface area contributed by atoms with Crippen molar-refractivity contribution < 1.29 is 14.2 Å². The number of benzene rings is 1. The van der Waals surface area contributed by atoms with E-state index in [1.54, 1.807) is 7.11 Å². The van der Waals surface area contributed by atoms with Crippen LogP contribution in [0.25, 0.3) is 0 Å². The van der Waals surface area contributed by atoms with Gasteiger partial charge in [0.25, 0.3) is 0 Å². The van der Waals surface area contributed by atoms with Crippen LogP contribution in [0.1, 0.15) is 38.7 Å². The summed E-state index contributed by atoms with van der Waals surface area (Å²) >= 11 is 0. The predicted octanol–water partition coefficient (Wildman–Crippen LogP) is 3.38. The summed E-state index contributed by atoms with van der Waals surface area (Å²) in [5, 5.41) is 6.70. The first kappa shape index (κ1) is 23.8. The van der Waals surface area contributed by atoms with Gasteiger partial charge >= 0.3 is 0 Å². The number of hydrogen-bond acceptors (Lipinski definition) is 4. The molecule has 1 fully saturated rings. The van der Waals surface area contributed by atoms with Crippen LogP contribution in [0.4, 0.5) is 0 Å². The third kappa shape index (κ3) is 8.55. The summed E-state index contributed by atoms with van der Waals surface area (Å²) in [6.45, 7) is 8.01. The molecule has 1 aliphatic rings. The Bertz CT molecular complexity index is 563. The monoisotopic (exact) mass is 491 g/mol. The first-order valence-corrected chi connectivity index (χ1v) is 9.70. The first-order valence-electron chi connectivity index (χ1n) is 9.70. The lowest BCUT2D eigenvalue weighted by atomic mass is 10.1. The number of methoxy groups -OCH3 is 1. The standard InChI is InChI=1S/C20H33N3O3.HI/c1-4-21-20(23-15-17-9-7-13-26-17)22-12-6-8-16-10-11-18(24-3)19(14-16)25-5-2;/h10-11,14,17H,4-9,12-13,15H2,1-3H3,(H2,21,22,23);1H. The van der Waals surface area contributed by atoms with Gasteiger partial charge in [-0.1, -0.05) is 6.07 Å². The zero-order valence-corrected chi connectivity index (χ0v) is 19.1. The van der Waals surface area contributed by atoms with Crippen molar-refractivity contribution in [3.05, 3.63) is 23.8 Å². The SMILES string of the molecule is CCNC(=NCC1CCCO1)NCCCc1ccc(OC)c(OCC)c1.I. The maximum Gasteiger partial charge on any atom is 0.191 e. The van der Waals surface area contributed by atoms with E-state index in [1.807, 2.05) is 13.0 Å². The molecule has 1 atom stereocenters. The van der Waals surface area contributed by atoms with Gasteiger partial charge in [-0.05, 0) is 57.2 Å². The summed E-state index contributed by atoms with van der Waals surface area (Å²) in [4.78, 5) is 4.63. The van der Waals surface area contributed by atoms with Gasteiger partial charge in [0.2, 0.25) is 0 Å². The van der Waals surface area contributed by atoms with Gasteiger partial charge in [-0.2, -0.15) is 0 Å². The van der Waals surface area contributed by atoms with Gasteiger partial charge in [0, 0.05) is 19.7 Å². The van der Waals surface area contributed by atoms with Crippen molar-refractivity contribution in [1.82, 2.24) is 10.6 Å². The molecular formula is C20H34IN3O3. The molecule has 0 spiro atoms. The number of ether oxygens (including phenoxy) is 3. The number of nitrogens with one attached hydrogen (secondary N) is 2. The zero-order valence-electron chi connectivity index (χ0n) is 16.8. The Kier molecular flexibility index (Phi) is 12.2. The summed E-state index contributed by atoms with van der Waals surface area (Å²) in [7, 11) is 1.67. The van der Waals surface area contributed by atoms with Gasteiger partial charge in [-0.15, -0.1) is 24.0 Å². The number of halogens is 1. The molecule has 1 aromatic carbocycles. The molecule has 0 aromatic heterocycles. The summed E-state index contributed by atoms with van der Waals surface area (Å²) in [6, 6.07) is 6.14. The van der Waals surface area contributed by atoms with E-state index in [0.717, 1.165) is 69.4 Å². The molecule has 1 heterocycles. The molecule has 0 amide bonds. The molecule has 154 valence electrons. The second kappa shape index (κ2) is 13.9. The highest BCUT2D eigenvalue weighted by atomic mass is 127. The summed E-state index contributed by atoms with van der Waals surface area (Å²) in [5.41, 5.74) is 1.25. The maximum absolute atomic E-state index is 5.64. The summed E-state index contributed by atoms with van der Waals surface area (Å²) in [6.07, 6.45) is 4.53. The maximum atomic E-state index is 5.64. The van der Waals surface area contributed by atoms with Gasteiger partial charge in [0.15, 0.2) is 17.5 Å². The Balaban J connectivity index is 0.00000364. The lowest BCUT2D eigenvalue weighted by Crippen LogP contribution is -2.38. The molecule has 1 aliphatic heterocycles. The Morgan fingerprint density at radius 2 is 2.11 bits per heavy atom. The van der Waals surface area contributed by atoms with Gasteiger partial charge in [-0.3, -0.25) is 4.99 Å². The van der Waals surface area contributed by atoms with Crippen LogP contribution in [0.2, 0.25) is 0 Å². The molecule has 6 nitrogen and oxygen atoms in total. The van der Waals surface area contributed by atoms with Crippen LogP contribution in [0.15, 0.2) is 23.2 Å². The fourth-order valence-corrected chi connectivity index (χ4v) is 2.97. The minimum absolute atomic E-state index is 0. The van der Waals surface area contributed by atoms with E-state index in [4.69, 9.17) is 14.2 Å². The second-order valence-corrected chi connectivity index (χ2v) is 6.30. The molecule has 1 saturated heterocycles. The molecule has 0 radical (unpaired) electrons. The summed E-state index contributed by atoms with van der Waals surface area (Å²) < 4.78 is 16.6. The lowest BCUT2D eigenvalue weighted by Gasteiger charge is -2.13. The van der Waals surface area contributed by atoms with Crippen molar-refractivity contribution in [2.75, 3.05) is 40.0 Å².